The Morgan fingerprint density at radius 3 is 2.33 bits per heavy atom. The summed E-state index contributed by atoms with van der Waals surface area (Å²) in [5, 5.41) is 9.33. The molecule has 0 aromatic heterocycles. The predicted molar refractivity (Wildman–Crippen MR) is 156 cm³/mol. The van der Waals surface area contributed by atoms with E-state index in [1.54, 1.807) is 49.4 Å². The van der Waals surface area contributed by atoms with Crippen LogP contribution in [0.3, 0.4) is 0 Å². The third kappa shape index (κ3) is 6.23. The average molecular weight is 545 g/mol. The molecule has 3 aromatic rings. The molecule has 7 nitrogen and oxygen atoms in total. The van der Waals surface area contributed by atoms with Crippen molar-refractivity contribution in [2.75, 3.05) is 10.6 Å². The van der Waals surface area contributed by atoms with Crippen LogP contribution in [0.4, 0.5) is 15.8 Å². The van der Waals surface area contributed by atoms with Gasteiger partial charge in [-0.3, -0.25) is 14.4 Å². The number of carbonyl (C=O) groups excluding carboxylic acids is 3. The van der Waals surface area contributed by atoms with E-state index < -0.39 is 17.9 Å². The third-order valence-electron chi connectivity index (χ3n) is 7.49. The zero-order valence-corrected chi connectivity index (χ0v) is 23.5. The number of hydrogen-bond acceptors (Lipinski definition) is 4. The van der Waals surface area contributed by atoms with E-state index in [1.807, 2.05) is 25.1 Å². The fourth-order valence-electron chi connectivity index (χ4n) is 5.78. The lowest BCUT2D eigenvalue weighted by atomic mass is 9.73. The minimum absolute atomic E-state index is 0.107. The molecule has 40 heavy (non-hydrogen) atoms. The van der Waals surface area contributed by atoms with Crippen LogP contribution < -0.4 is 21.7 Å². The summed E-state index contributed by atoms with van der Waals surface area (Å²) in [6, 6.07) is 16.4. The van der Waals surface area contributed by atoms with Gasteiger partial charge in [0.1, 0.15) is 5.82 Å². The van der Waals surface area contributed by atoms with Gasteiger partial charge in [-0.1, -0.05) is 51.1 Å². The Bertz CT molecular complexity index is 1410. The Labute approximate surface area is 234 Å². The van der Waals surface area contributed by atoms with E-state index in [9.17, 15) is 14.4 Å². The van der Waals surface area contributed by atoms with E-state index in [1.165, 1.54) is 0 Å². The monoisotopic (exact) mass is 544 g/mol. The summed E-state index contributed by atoms with van der Waals surface area (Å²) in [5.74, 6) is -2.14. The summed E-state index contributed by atoms with van der Waals surface area (Å²) in [6.07, 6.45) is 1.34. The highest BCUT2D eigenvalue weighted by Gasteiger charge is 2.49. The molecular formula is C32H37FN4O3. The van der Waals surface area contributed by atoms with Crippen molar-refractivity contribution < 1.29 is 18.8 Å². The van der Waals surface area contributed by atoms with Crippen molar-refractivity contribution in [1.29, 1.82) is 0 Å². The maximum absolute atomic E-state index is 15.8. The van der Waals surface area contributed by atoms with E-state index in [4.69, 9.17) is 5.73 Å². The Hall–Kier alpha value is -4.04. The lowest BCUT2D eigenvalue weighted by Crippen LogP contribution is -2.42. The molecule has 3 amide bonds. The highest BCUT2D eigenvalue weighted by atomic mass is 19.1. The molecule has 8 heteroatoms. The number of aryl methyl sites for hydroxylation is 2. The lowest BCUT2D eigenvalue weighted by Gasteiger charge is -2.31. The number of hydrogen-bond donors (Lipinski definition) is 4. The SMILES string of the molecule is Cc1ccc(C2C(c3cccc(C)c3F)[C@H](C(=O)Nc3ccc(C(N)=O)cc3)N[C@@H]2CC(C)(C)C)c(NC=O)c1. The minimum Gasteiger partial charge on any atom is -0.366 e. The van der Waals surface area contributed by atoms with Crippen molar-refractivity contribution in [3.05, 3.63) is 94.3 Å². The van der Waals surface area contributed by atoms with E-state index >= 15 is 4.39 Å². The van der Waals surface area contributed by atoms with Crippen LogP contribution in [0.25, 0.3) is 0 Å². The molecule has 4 atom stereocenters. The maximum Gasteiger partial charge on any atom is 0.248 e. The molecule has 5 N–H and O–H groups in total. The number of nitrogens with two attached hydrogens (primary N) is 1. The van der Waals surface area contributed by atoms with Crippen molar-refractivity contribution in [3.63, 3.8) is 0 Å². The molecule has 0 radical (unpaired) electrons. The predicted octanol–water partition coefficient (Wildman–Crippen LogP) is 5.39. The van der Waals surface area contributed by atoms with Crippen molar-refractivity contribution in [1.82, 2.24) is 5.32 Å². The van der Waals surface area contributed by atoms with Gasteiger partial charge in [-0.2, -0.15) is 0 Å². The van der Waals surface area contributed by atoms with Gasteiger partial charge in [-0.05, 0) is 78.3 Å². The van der Waals surface area contributed by atoms with Crippen molar-refractivity contribution in [3.8, 4) is 0 Å². The Morgan fingerprint density at radius 1 is 1.00 bits per heavy atom. The number of rotatable bonds is 8. The molecule has 1 heterocycles. The molecule has 1 saturated heterocycles. The number of primary amides is 1. The highest BCUT2D eigenvalue weighted by molar-refractivity contribution is 5.97. The molecule has 0 aliphatic carbocycles. The largest absolute Gasteiger partial charge is 0.366 e. The second-order valence-corrected chi connectivity index (χ2v) is 11.8. The molecule has 4 rings (SSSR count). The first-order valence-electron chi connectivity index (χ1n) is 13.4. The van der Waals surface area contributed by atoms with Gasteiger partial charge in [0.15, 0.2) is 0 Å². The van der Waals surface area contributed by atoms with Gasteiger partial charge in [-0.15, -0.1) is 0 Å². The fraction of sp³-hybridized carbons (Fsp3) is 0.344. The fourth-order valence-corrected chi connectivity index (χ4v) is 5.78. The lowest BCUT2D eigenvalue weighted by molar-refractivity contribution is -0.118. The first kappa shape index (κ1) is 29.0. The number of nitrogens with one attached hydrogen (secondary N) is 3. The molecule has 3 aromatic carbocycles. The van der Waals surface area contributed by atoms with E-state index in [2.05, 4.69) is 36.7 Å². The van der Waals surface area contributed by atoms with Crippen LogP contribution in [0.15, 0.2) is 60.7 Å². The second-order valence-electron chi connectivity index (χ2n) is 11.8. The van der Waals surface area contributed by atoms with Crippen LogP contribution >= 0.6 is 0 Å². The van der Waals surface area contributed by atoms with Crippen molar-refractivity contribution in [2.24, 2.45) is 11.1 Å². The van der Waals surface area contributed by atoms with Gasteiger partial charge in [0.2, 0.25) is 18.2 Å². The summed E-state index contributed by atoms with van der Waals surface area (Å²) in [6.45, 7) is 10.0. The van der Waals surface area contributed by atoms with Crippen LogP contribution in [0.1, 0.15) is 71.6 Å². The molecule has 0 saturated carbocycles. The molecule has 2 unspecified atom stereocenters. The summed E-state index contributed by atoms with van der Waals surface area (Å²) >= 11 is 0. The quantitative estimate of drug-likeness (QED) is 0.285. The smallest absolute Gasteiger partial charge is 0.248 e. The summed E-state index contributed by atoms with van der Waals surface area (Å²) in [7, 11) is 0. The Morgan fingerprint density at radius 2 is 1.70 bits per heavy atom. The number of amides is 3. The van der Waals surface area contributed by atoms with Crippen LogP contribution in [0.2, 0.25) is 0 Å². The molecule has 210 valence electrons. The zero-order chi connectivity index (χ0) is 29.2. The topological polar surface area (TPSA) is 113 Å². The zero-order valence-electron chi connectivity index (χ0n) is 23.5. The molecule has 1 aliphatic heterocycles. The summed E-state index contributed by atoms with van der Waals surface area (Å²) in [4.78, 5) is 37.0. The van der Waals surface area contributed by atoms with Crippen molar-refractivity contribution in [2.45, 2.75) is 65.0 Å². The number of anilines is 2. The van der Waals surface area contributed by atoms with Crippen LogP contribution in [0, 0.1) is 25.1 Å². The number of carbonyl (C=O) groups is 3. The van der Waals surface area contributed by atoms with Gasteiger partial charge >= 0.3 is 0 Å². The summed E-state index contributed by atoms with van der Waals surface area (Å²) in [5.41, 5.74) is 9.46. The van der Waals surface area contributed by atoms with Crippen molar-refractivity contribution >= 4 is 29.6 Å². The van der Waals surface area contributed by atoms with Gasteiger partial charge < -0.3 is 21.7 Å². The van der Waals surface area contributed by atoms with Crippen LogP contribution in [-0.2, 0) is 9.59 Å². The molecular weight excluding hydrogens is 507 g/mol. The van der Waals surface area contributed by atoms with E-state index in [0.717, 1.165) is 11.1 Å². The van der Waals surface area contributed by atoms with E-state index in [0.29, 0.717) is 40.9 Å². The Kier molecular flexibility index (Phi) is 8.40. The highest BCUT2D eigenvalue weighted by Crippen LogP contribution is 2.49. The minimum atomic E-state index is -0.783. The van der Waals surface area contributed by atoms with Gasteiger partial charge in [-0.25, -0.2) is 4.39 Å². The third-order valence-corrected chi connectivity index (χ3v) is 7.49. The second kappa shape index (κ2) is 11.6. The maximum atomic E-state index is 15.8. The molecule has 1 aliphatic rings. The van der Waals surface area contributed by atoms with E-state index in [-0.39, 0.29) is 29.1 Å². The number of halogens is 1. The first-order valence-corrected chi connectivity index (χ1v) is 13.4. The van der Waals surface area contributed by atoms with Gasteiger partial charge in [0.05, 0.1) is 6.04 Å². The van der Waals surface area contributed by atoms with Gasteiger partial charge in [0.25, 0.3) is 0 Å². The Balaban J connectivity index is 1.85. The molecule has 0 spiro atoms. The van der Waals surface area contributed by atoms with Gasteiger partial charge in [0, 0.05) is 34.8 Å². The molecule has 0 bridgehead atoms. The normalized spacial score (nSPS) is 20.6. The average Bonchev–Trinajstić information content (AvgIpc) is 3.23. The first-order chi connectivity index (χ1) is 18.9. The number of benzene rings is 3. The molecule has 1 fully saturated rings. The summed E-state index contributed by atoms with van der Waals surface area (Å²) < 4.78 is 15.8. The standard InChI is InChI=1S/C32H37FN4O3/c1-18-9-14-22(24(15-18)35-17-38)26-25(16-32(3,4)5)37-29(27(26)23-8-6-7-19(2)28(23)33)31(40)36-21-12-10-20(11-13-21)30(34)39/h6-15,17,25-27,29,37H,16H2,1-5H3,(H2,34,39)(H,35,38)(H,36,40)/t25-,26?,27?,29-/m1/s1. The van der Waals surface area contributed by atoms with Crippen LogP contribution in [0.5, 0.6) is 0 Å². The van der Waals surface area contributed by atoms with Crippen LogP contribution in [-0.4, -0.2) is 30.3 Å².